The minimum atomic E-state index is -0.455. The zero-order chi connectivity index (χ0) is 13.8. The summed E-state index contributed by atoms with van der Waals surface area (Å²) in [7, 11) is 0. The van der Waals surface area contributed by atoms with Crippen LogP contribution in [0.25, 0.3) is 0 Å². The van der Waals surface area contributed by atoms with E-state index in [-0.39, 0.29) is 5.56 Å². The number of benzene rings is 1. The third-order valence-corrected chi connectivity index (χ3v) is 2.76. The van der Waals surface area contributed by atoms with Crippen LogP contribution in [-0.4, -0.2) is 16.1 Å². The van der Waals surface area contributed by atoms with Crippen molar-refractivity contribution in [2.75, 3.05) is 0 Å². The maximum absolute atomic E-state index is 13.0. The Labute approximate surface area is 110 Å². The first-order chi connectivity index (χ1) is 9.13. The molecule has 2 aromatic rings. The molecule has 1 aromatic heterocycles. The van der Waals surface area contributed by atoms with E-state index in [4.69, 9.17) is 4.74 Å². The zero-order valence-corrected chi connectivity index (χ0v) is 10.9. The molecule has 0 aliphatic carbocycles. The van der Waals surface area contributed by atoms with Gasteiger partial charge in [0.2, 0.25) is 0 Å². The van der Waals surface area contributed by atoms with Crippen LogP contribution in [0.4, 0.5) is 4.39 Å². The SMILES string of the molecule is CCn1nc(C)cc1COc1ccc(F)cc1C=O. The number of hydrogen-bond donors (Lipinski definition) is 0. The number of hydrogen-bond acceptors (Lipinski definition) is 3. The van der Waals surface area contributed by atoms with Gasteiger partial charge in [-0.15, -0.1) is 0 Å². The van der Waals surface area contributed by atoms with Gasteiger partial charge in [0.1, 0.15) is 18.2 Å². The number of halogens is 1. The van der Waals surface area contributed by atoms with Crippen molar-refractivity contribution < 1.29 is 13.9 Å². The van der Waals surface area contributed by atoms with E-state index in [0.29, 0.717) is 18.6 Å². The van der Waals surface area contributed by atoms with Crippen molar-refractivity contribution in [1.82, 2.24) is 9.78 Å². The minimum absolute atomic E-state index is 0.208. The van der Waals surface area contributed by atoms with Crippen LogP contribution in [-0.2, 0) is 13.2 Å². The summed E-state index contributed by atoms with van der Waals surface area (Å²) in [6.07, 6.45) is 0.584. The van der Waals surface area contributed by atoms with Gasteiger partial charge in [-0.25, -0.2) is 4.39 Å². The van der Waals surface area contributed by atoms with Gasteiger partial charge in [0, 0.05) is 6.54 Å². The highest BCUT2D eigenvalue weighted by Crippen LogP contribution is 2.19. The standard InChI is InChI=1S/C14H15FN2O2/c1-3-17-13(6-10(2)16-17)9-19-14-5-4-12(15)7-11(14)8-18/h4-8H,3,9H2,1-2H3. The van der Waals surface area contributed by atoms with Gasteiger partial charge in [-0.05, 0) is 38.1 Å². The Hall–Kier alpha value is -2.17. The topological polar surface area (TPSA) is 44.1 Å². The van der Waals surface area contributed by atoms with E-state index in [2.05, 4.69) is 5.10 Å². The Morgan fingerprint density at radius 2 is 2.21 bits per heavy atom. The first kappa shape index (κ1) is 13.3. The van der Waals surface area contributed by atoms with E-state index in [1.807, 2.05) is 24.6 Å². The molecule has 0 fully saturated rings. The highest BCUT2D eigenvalue weighted by molar-refractivity contribution is 5.79. The van der Waals surface area contributed by atoms with E-state index < -0.39 is 5.82 Å². The Bertz CT molecular complexity index is 593. The van der Waals surface area contributed by atoms with E-state index in [0.717, 1.165) is 24.0 Å². The fourth-order valence-corrected chi connectivity index (χ4v) is 1.88. The largest absolute Gasteiger partial charge is 0.487 e. The van der Waals surface area contributed by atoms with Crippen LogP contribution >= 0.6 is 0 Å². The monoisotopic (exact) mass is 262 g/mol. The van der Waals surface area contributed by atoms with Crippen molar-refractivity contribution in [1.29, 1.82) is 0 Å². The quantitative estimate of drug-likeness (QED) is 0.778. The lowest BCUT2D eigenvalue weighted by Crippen LogP contribution is -2.07. The van der Waals surface area contributed by atoms with Gasteiger partial charge in [0.15, 0.2) is 6.29 Å². The second-order valence-electron chi connectivity index (χ2n) is 4.18. The molecule has 0 aliphatic heterocycles. The van der Waals surface area contributed by atoms with Crippen molar-refractivity contribution in [3.63, 3.8) is 0 Å². The average Bonchev–Trinajstić information content (AvgIpc) is 2.77. The molecule has 100 valence electrons. The van der Waals surface area contributed by atoms with Crippen LogP contribution in [0.1, 0.15) is 28.7 Å². The molecule has 0 saturated carbocycles. The van der Waals surface area contributed by atoms with Crippen LogP contribution < -0.4 is 4.74 Å². The molecule has 2 rings (SSSR count). The summed E-state index contributed by atoms with van der Waals surface area (Å²) < 4.78 is 20.4. The first-order valence-corrected chi connectivity index (χ1v) is 6.05. The lowest BCUT2D eigenvalue weighted by molar-refractivity contribution is 0.111. The van der Waals surface area contributed by atoms with Gasteiger partial charge in [0.05, 0.1) is 17.0 Å². The van der Waals surface area contributed by atoms with Crippen molar-refractivity contribution in [3.05, 3.63) is 47.0 Å². The van der Waals surface area contributed by atoms with Gasteiger partial charge >= 0.3 is 0 Å². The van der Waals surface area contributed by atoms with E-state index in [1.165, 1.54) is 12.1 Å². The van der Waals surface area contributed by atoms with Crippen molar-refractivity contribution in [3.8, 4) is 5.75 Å². The molecule has 0 spiro atoms. The van der Waals surface area contributed by atoms with Crippen LogP contribution in [0, 0.1) is 12.7 Å². The van der Waals surface area contributed by atoms with Gasteiger partial charge in [-0.3, -0.25) is 9.48 Å². The molecule has 0 bridgehead atoms. The summed E-state index contributed by atoms with van der Waals surface area (Å²) >= 11 is 0. The van der Waals surface area contributed by atoms with Crippen LogP contribution in [0.15, 0.2) is 24.3 Å². The fraction of sp³-hybridized carbons (Fsp3) is 0.286. The number of rotatable bonds is 5. The van der Waals surface area contributed by atoms with E-state index >= 15 is 0 Å². The molecule has 4 nitrogen and oxygen atoms in total. The normalized spacial score (nSPS) is 10.5. The maximum Gasteiger partial charge on any atom is 0.153 e. The van der Waals surface area contributed by atoms with Gasteiger partial charge in [-0.1, -0.05) is 0 Å². The molecule has 19 heavy (non-hydrogen) atoms. The highest BCUT2D eigenvalue weighted by atomic mass is 19.1. The van der Waals surface area contributed by atoms with E-state index in [9.17, 15) is 9.18 Å². The lowest BCUT2D eigenvalue weighted by Gasteiger charge is -2.09. The molecule has 0 atom stereocenters. The molecule has 0 N–H and O–H groups in total. The molecular weight excluding hydrogens is 247 g/mol. The smallest absolute Gasteiger partial charge is 0.153 e. The second kappa shape index (κ2) is 5.65. The molecule has 0 aliphatic rings. The number of ether oxygens (including phenoxy) is 1. The minimum Gasteiger partial charge on any atom is -0.487 e. The van der Waals surface area contributed by atoms with Crippen molar-refractivity contribution in [2.24, 2.45) is 0 Å². The number of carbonyl (C=O) groups is 1. The van der Waals surface area contributed by atoms with Gasteiger partial charge in [0.25, 0.3) is 0 Å². The summed E-state index contributed by atoms with van der Waals surface area (Å²) in [5.41, 5.74) is 2.04. The molecule has 0 saturated heterocycles. The number of aldehydes is 1. The van der Waals surface area contributed by atoms with E-state index in [1.54, 1.807) is 0 Å². The van der Waals surface area contributed by atoms with Crippen molar-refractivity contribution >= 4 is 6.29 Å². The van der Waals surface area contributed by atoms with Crippen LogP contribution in [0.3, 0.4) is 0 Å². The van der Waals surface area contributed by atoms with Gasteiger partial charge < -0.3 is 4.74 Å². The maximum atomic E-state index is 13.0. The molecule has 1 aromatic carbocycles. The fourth-order valence-electron chi connectivity index (χ4n) is 1.88. The predicted molar refractivity (Wildman–Crippen MR) is 68.8 cm³/mol. The Morgan fingerprint density at radius 1 is 1.42 bits per heavy atom. The van der Waals surface area contributed by atoms with Gasteiger partial charge in [-0.2, -0.15) is 5.10 Å². The number of aromatic nitrogens is 2. The molecule has 0 unspecified atom stereocenters. The molecule has 0 radical (unpaired) electrons. The number of aryl methyl sites for hydroxylation is 2. The number of nitrogens with zero attached hydrogens (tertiary/aromatic N) is 2. The highest BCUT2D eigenvalue weighted by Gasteiger charge is 2.08. The van der Waals surface area contributed by atoms with Crippen molar-refractivity contribution in [2.45, 2.75) is 27.0 Å². The molecule has 5 heteroatoms. The van der Waals surface area contributed by atoms with Crippen LogP contribution in [0.2, 0.25) is 0 Å². The summed E-state index contributed by atoms with van der Waals surface area (Å²) in [4.78, 5) is 10.9. The predicted octanol–water partition coefficient (Wildman–Crippen LogP) is 2.74. The summed E-state index contributed by atoms with van der Waals surface area (Å²) in [5.74, 6) is -0.0817. The second-order valence-corrected chi connectivity index (χ2v) is 4.18. The first-order valence-electron chi connectivity index (χ1n) is 6.05. The third kappa shape index (κ3) is 2.99. The van der Waals surface area contributed by atoms with Crippen LogP contribution in [0.5, 0.6) is 5.75 Å². The zero-order valence-electron chi connectivity index (χ0n) is 10.9. The Kier molecular flexibility index (Phi) is 3.94. The average molecular weight is 262 g/mol. The Balaban J connectivity index is 2.16. The Morgan fingerprint density at radius 3 is 2.89 bits per heavy atom. The summed E-state index contributed by atoms with van der Waals surface area (Å²) in [5, 5.41) is 4.31. The third-order valence-electron chi connectivity index (χ3n) is 2.76. The molecule has 0 amide bonds. The molecular formula is C14H15FN2O2. The summed E-state index contributed by atoms with van der Waals surface area (Å²) in [6.45, 7) is 4.94. The summed E-state index contributed by atoms with van der Waals surface area (Å²) in [6, 6.07) is 5.81. The number of carbonyl (C=O) groups excluding carboxylic acids is 1. The lowest BCUT2D eigenvalue weighted by atomic mass is 10.2. The molecule has 1 heterocycles.